The molecular weight excluding hydrogens is 403 g/mol. The second-order valence-corrected chi connectivity index (χ2v) is 9.50. The van der Waals surface area contributed by atoms with Crippen LogP contribution < -0.4 is 0 Å². The van der Waals surface area contributed by atoms with Crippen molar-refractivity contribution in [3.63, 3.8) is 0 Å². The SMILES string of the molecule is CC(C)(O)C#Cc1ccc(CN2CCC[C@@H]3CN(C(=O)c4cccc(F)c4)CC[C@@H]32)cc1. The van der Waals surface area contributed by atoms with Gasteiger partial charge in [0.15, 0.2) is 0 Å². The Morgan fingerprint density at radius 1 is 1.16 bits per heavy atom. The third-order valence-corrected chi connectivity index (χ3v) is 6.39. The Morgan fingerprint density at radius 3 is 2.66 bits per heavy atom. The number of carbonyl (C=O) groups is 1. The van der Waals surface area contributed by atoms with Gasteiger partial charge < -0.3 is 10.0 Å². The first-order chi connectivity index (χ1) is 15.3. The predicted octanol–water partition coefficient (Wildman–Crippen LogP) is 4.07. The molecule has 2 aliphatic rings. The van der Waals surface area contributed by atoms with Crippen LogP contribution in [0.15, 0.2) is 48.5 Å². The number of piperidine rings is 2. The molecule has 32 heavy (non-hydrogen) atoms. The lowest BCUT2D eigenvalue weighted by Crippen LogP contribution is -2.54. The monoisotopic (exact) mass is 434 g/mol. The molecule has 0 unspecified atom stereocenters. The molecule has 168 valence electrons. The molecule has 0 aromatic heterocycles. The van der Waals surface area contributed by atoms with E-state index in [2.05, 4.69) is 28.9 Å². The first kappa shape index (κ1) is 22.5. The van der Waals surface area contributed by atoms with E-state index in [0.29, 0.717) is 24.1 Å². The minimum atomic E-state index is -0.994. The van der Waals surface area contributed by atoms with Gasteiger partial charge in [-0.05, 0) is 81.5 Å². The minimum absolute atomic E-state index is 0.0668. The molecule has 0 saturated carbocycles. The third kappa shape index (κ3) is 5.56. The van der Waals surface area contributed by atoms with Crippen LogP contribution in [0.25, 0.3) is 0 Å². The van der Waals surface area contributed by atoms with Crippen molar-refractivity contribution in [2.45, 2.75) is 51.3 Å². The smallest absolute Gasteiger partial charge is 0.253 e. The molecule has 2 fully saturated rings. The van der Waals surface area contributed by atoms with Gasteiger partial charge in [-0.2, -0.15) is 0 Å². The maximum absolute atomic E-state index is 13.5. The summed E-state index contributed by atoms with van der Waals surface area (Å²) in [6.07, 6.45) is 3.19. The van der Waals surface area contributed by atoms with Gasteiger partial charge in [-0.15, -0.1) is 0 Å². The Labute approximate surface area is 190 Å². The van der Waals surface area contributed by atoms with E-state index in [-0.39, 0.29) is 11.7 Å². The Hall–Kier alpha value is -2.68. The van der Waals surface area contributed by atoms with Crippen molar-refractivity contribution in [2.75, 3.05) is 19.6 Å². The molecule has 0 radical (unpaired) electrons. The zero-order chi connectivity index (χ0) is 22.7. The fourth-order valence-electron chi connectivity index (χ4n) is 4.84. The molecule has 0 spiro atoms. The van der Waals surface area contributed by atoms with E-state index in [1.54, 1.807) is 26.0 Å². The number of likely N-dealkylation sites (tertiary alicyclic amines) is 2. The molecule has 1 N–H and O–H groups in total. The largest absolute Gasteiger partial charge is 0.378 e. The van der Waals surface area contributed by atoms with Crippen LogP contribution in [0.4, 0.5) is 4.39 Å². The van der Waals surface area contributed by atoms with Crippen molar-refractivity contribution in [3.05, 3.63) is 71.0 Å². The number of rotatable bonds is 3. The molecule has 2 heterocycles. The van der Waals surface area contributed by atoms with Crippen LogP contribution in [-0.2, 0) is 6.54 Å². The number of fused-ring (bicyclic) bond motifs is 1. The number of aliphatic hydroxyl groups is 1. The summed E-state index contributed by atoms with van der Waals surface area (Å²) in [5.41, 5.74) is 1.59. The first-order valence-corrected chi connectivity index (χ1v) is 11.4. The van der Waals surface area contributed by atoms with Crippen LogP contribution >= 0.6 is 0 Å². The van der Waals surface area contributed by atoms with Gasteiger partial charge in [0.1, 0.15) is 11.4 Å². The molecular formula is C27H31FN2O2. The van der Waals surface area contributed by atoms with E-state index >= 15 is 0 Å². The van der Waals surface area contributed by atoms with Crippen molar-refractivity contribution in [1.82, 2.24) is 9.80 Å². The highest BCUT2D eigenvalue weighted by Crippen LogP contribution is 2.32. The van der Waals surface area contributed by atoms with Crippen molar-refractivity contribution in [1.29, 1.82) is 0 Å². The molecule has 2 aromatic carbocycles. The van der Waals surface area contributed by atoms with Crippen molar-refractivity contribution < 1.29 is 14.3 Å². The third-order valence-electron chi connectivity index (χ3n) is 6.39. The zero-order valence-electron chi connectivity index (χ0n) is 18.9. The highest BCUT2D eigenvalue weighted by atomic mass is 19.1. The van der Waals surface area contributed by atoms with Crippen LogP contribution in [-0.4, -0.2) is 52.1 Å². The van der Waals surface area contributed by atoms with Gasteiger partial charge in [0.25, 0.3) is 5.91 Å². The molecule has 5 heteroatoms. The van der Waals surface area contributed by atoms with E-state index in [1.165, 1.54) is 17.7 Å². The van der Waals surface area contributed by atoms with E-state index in [1.807, 2.05) is 17.0 Å². The van der Waals surface area contributed by atoms with Gasteiger partial charge in [0.2, 0.25) is 0 Å². The van der Waals surface area contributed by atoms with Gasteiger partial charge in [-0.1, -0.05) is 30.0 Å². The topological polar surface area (TPSA) is 43.8 Å². The summed E-state index contributed by atoms with van der Waals surface area (Å²) in [5, 5.41) is 9.77. The molecule has 2 atom stereocenters. The van der Waals surface area contributed by atoms with Gasteiger partial charge in [-0.3, -0.25) is 9.69 Å². The van der Waals surface area contributed by atoms with Crippen molar-refractivity contribution in [2.24, 2.45) is 5.92 Å². The lowest BCUT2D eigenvalue weighted by Gasteiger charge is -2.47. The van der Waals surface area contributed by atoms with Crippen LogP contribution in [0.2, 0.25) is 0 Å². The molecule has 4 nitrogen and oxygen atoms in total. The zero-order valence-corrected chi connectivity index (χ0v) is 18.9. The summed E-state index contributed by atoms with van der Waals surface area (Å²) >= 11 is 0. The van der Waals surface area contributed by atoms with E-state index in [0.717, 1.165) is 44.5 Å². The summed E-state index contributed by atoms with van der Waals surface area (Å²) in [6.45, 7) is 6.76. The second kappa shape index (κ2) is 9.44. The minimum Gasteiger partial charge on any atom is -0.378 e. The summed E-state index contributed by atoms with van der Waals surface area (Å²) in [7, 11) is 0. The fourth-order valence-corrected chi connectivity index (χ4v) is 4.84. The first-order valence-electron chi connectivity index (χ1n) is 11.4. The maximum atomic E-state index is 13.5. The average Bonchev–Trinajstić information content (AvgIpc) is 2.77. The lowest BCUT2D eigenvalue weighted by molar-refractivity contribution is 0.0175. The predicted molar refractivity (Wildman–Crippen MR) is 123 cm³/mol. The Bertz CT molecular complexity index is 1020. The number of halogens is 1. The van der Waals surface area contributed by atoms with Crippen LogP contribution in [0, 0.1) is 23.6 Å². The van der Waals surface area contributed by atoms with Crippen LogP contribution in [0.3, 0.4) is 0 Å². The number of carbonyl (C=O) groups excluding carboxylic acids is 1. The standard InChI is InChI=1S/C27H31FN2O2/c1-27(2,32)14-12-20-8-10-21(11-9-20)18-29-15-4-6-23-19-30(16-13-25(23)29)26(31)22-5-3-7-24(28)17-22/h3,5,7-11,17,23,25,32H,4,6,13,15-16,18-19H2,1-2H3/t23-,25+/m1/s1. The van der Waals surface area contributed by atoms with Gasteiger partial charge in [0, 0.05) is 36.8 Å². The molecule has 1 amide bonds. The van der Waals surface area contributed by atoms with Gasteiger partial charge >= 0.3 is 0 Å². The summed E-state index contributed by atoms with van der Waals surface area (Å²) < 4.78 is 13.5. The number of benzene rings is 2. The number of hydrogen-bond donors (Lipinski definition) is 1. The number of hydrogen-bond acceptors (Lipinski definition) is 3. The molecule has 0 aliphatic carbocycles. The molecule has 0 bridgehead atoms. The van der Waals surface area contributed by atoms with Crippen molar-refractivity contribution in [3.8, 4) is 11.8 Å². The highest BCUT2D eigenvalue weighted by molar-refractivity contribution is 5.94. The summed E-state index contributed by atoms with van der Waals surface area (Å²) in [4.78, 5) is 17.3. The normalized spacial score (nSPS) is 21.4. The Kier molecular flexibility index (Phi) is 6.64. The molecule has 4 rings (SSSR count). The van der Waals surface area contributed by atoms with E-state index in [9.17, 15) is 14.3 Å². The summed E-state index contributed by atoms with van der Waals surface area (Å²) in [6, 6.07) is 14.7. The maximum Gasteiger partial charge on any atom is 0.253 e. The molecule has 2 aliphatic heterocycles. The Balaban J connectivity index is 1.38. The number of amides is 1. The van der Waals surface area contributed by atoms with Gasteiger partial charge in [0.05, 0.1) is 0 Å². The lowest BCUT2D eigenvalue weighted by atomic mass is 9.83. The Morgan fingerprint density at radius 2 is 1.94 bits per heavy atom. The molecule has 2 aromatic rings. The van der Waals surface area contributed by atoms with Crippen LogP contribution in [0.5, 0.6) is 0 Å². The molecule has 2 saturated heterocycles. The quantitative estimate of drug-likeness (QED) is 0.741. The van der Waals surface area contributed by atoms with E-state index in [4.69, 9.17) is 0 Å². The highest BCUT2D eigenvalue weighted by Gasteiger charge is 2.37. The fraction of sp³-hybridized carbons (Fsp3) is 0.444. The summed E-state index contributed by atoms with van der Waals surface area (Å²) in [5.74, 6) is 5.88. The van der Waals surface area contributed by atoms with E-state index < -0.39 is 5.60 Å². The number of nitrogens with zero attached hydrogens (tertiary/aromatic N) is 2. The second-order valence-electron chi connectivity index (χ2n) is 9.50. The van der Waals surface area contributed by atoms with Gasteiger partial charge in [-0.25, -0.2) is 4.39 Å². The van der Waals surface area contributed by atoms with Crippen LogP contribution in [0.1, 0.15) is 54.6 Å². The average molecular weight is 435 g/mol. The van der Waals surface area contributed by atoms with Crippen molar-refractivity contribution >= 4 is 5.91 Å².